The van der Waals surface area contributed by atoms with Crippen molar-refractivity contribution in [3.05, 3.63) is 82.4 Å². The maximum absolute atomic E-state index is 11.9. The van der Waals surface area contributed by atoms with Crippen LogP contribution in [0.15, 0.2) is 66.3 Å². The van der Waals surface area contributed by atoms with Crippen LogP contribution in [-0.4, -0.2) is 23.7 Å². The molecule has 1 amide bonds. The van der Waals surface area contributed by atoms with Gasteiger partial charge in [-0.3, -0.25) is 14.9 Å². The first-order valence-electron chi connectivity index (χ1n) is 7.02. The fourth-order valence-corrected chi connectivity index (χ4v) is 1.80. The molecule has 0 aliphatic heterocycles. The Hall–Kier alpha value is -3.48. The van der Waals surface area contributed by atoms with Crippen LogP contribution in [0.2, 0.25) is 0 Å². The fraction of sp³-hybridized carbons (Fsp3) is 0.0588. The first-order chi connectivity index (χ1) is 11.6. The van der Waals surface area contributed by atoms with E-state index in [0.717, 1.165) is 5.56 Å². The molecule has 0 atom stereocenters. The highest BCUT2D eigenvalue weighted by Gasteiger charge is 2.10. The Labute approximate surface area is 138 Å². The minimum absolute atomic E-state index is 0.151. The van der Waals surface area contributed by atoms with Crippen molar-refractivity contribution in [2.75, 3.05) is 6.61 Å². The minimum Gasteiger partial charge on any atom is -0.490 e. The van der Waals surface area contributed by atoms with Gasteiger partial charge in [0.05, 0.1) is 11.1 Å². The molecule has 1 N–H and O–H groups in total. The van der Waals surface area contributed by atoms with Gasteiger partial charge in [0.25, 0.3) is 11.6 Å². The van der Waals surface area contributed by atoms with Crippen molar-refractivity contribution in [3.63, 3.8) is 0 Å². The van der Waals surface area contributed by atoms with E-state index in [0.29, 0.717) is 12.4 Å². The molecule has 0 aliphatic carbocycles. The van der Waals surface area contributed by atoms with Crippen molar-refractivity contribution >= 4 is 17.8 Å². The molecule has 24 heavy (non-hydrogen) atoms. The van der Waals surface area contributed by atoms with Crippen LogP contribution in [0.4, 0.5) is 5.69 Å². The number of hydrogen-bond acceptors (Lipinski definition) is 5. The topological polar surface area (TPSA) is 93.8 Å². The predicted octanol–water partition coefficient (Wildman–Crippen LogP) is 2.92. The Kier molecular flexibility index (Phi) is 5.79. The van der Waals surface area contributed by atoms with Gasteiger partial charge in [-0.15, -0.1) is 0 Å². The van der Waals surface area contributed by atoms with Gasteiger partial charge in [0.2, 0.25) is 0 Å². The SMILES string of the molecule is C=CCOc1ccc(/C=N/NC(=O)c2cccc([N+](=O)[O-])c2)cc1. The molecule has 2 aromatic carbocycles. The molecule has 0 bridgehead atoms. The van der Waals surface area contributed by atoms with Crippen LogP contribution in [-0.2, 0) is 0 Å². The number of non-ortho nitro benzene ring substituents is 1. The fourth-order valence-electron chi connectivity index (χ4n) is 1.80. The van der Waals surface area contributed by atoms with E-state index < -0.39 is 10.8 Å². The zero-order valence-corrected chi connectivity index (χ0v) is 12.7. The third-order valence-corrected chi connectivity index (χ3v) is 2.95. The van der Waals surface area contributed by atoms with Crippen molar-refractivity contribution < 1.29 is 14.5 Å². The number of nitrogens with zero attached hydrogens (tertiary/aromatic N) is 2. The average Bonchev–Trinajstić information content (AvgIpc) is 2.61. The molecular weight excluding hydrogens is 310 g/mol. The van der Waals surface area contributed by atoms with Gasteiger partial charge >= 0.3 is 0 Å². The van der Waals surface area contributed by atoms with Crippen LogP contribution >= 0.6 is 0 Å². The van der Waals surface area contributed by atoms with E-state index in [9.17, 15) is 14.9 Å². The third-order valence-electron chi connectivity index (χ3n) is 2.95. The zero-order valence-electron chi connectivity index (χ0n) is 12.7. The van der Waals surface area contributed by atoms with Crippen molar-refractivity contribution in [1.29, 1.82) is 0 Å². The summed E-state index contributed by atoms with van der Waals surface area (Å²) in [6.45, 7) is 3.99. The second-order valence-corrected chi connectivity index (χ2v) is 4.68. The summed E-state index contributed by atoms with van der Waals surface area (Å²) in [6, 6.07) is 12.5. The lowest BCUT2D eigenvalue weighted by Crippen LogP contribution is -2.17. The molecule has 2 rings (SSSR count). The van der Waals surface area contributed by atoms with Gasteiger partial charge < -0.3 is 4.74 Å². The van der Waals surface area contributed by atoms with E-state index >= 15 is 0 Å². The van der Waals surface area contributed by atoms with Gasteiger partial charge in [0.15, 0.2) is 0 Å². The summed E-state index contributed by atoms with van der Waals surface area (Å²) in [4.78, 5) is 22.0. The molecule has 0 heterocycles. The minimum atomic E-state index is -0.559. The molecule has 0 radical (unpaired) electrons. The first-order valence-corrected chi connectivity index (χ1v) is 7.02. The van der Waals surface area contributed by atoms with Gasteiger partial charge in [-0.2, -0.15) is 5.10 Å². The van der Waals surface area contributed by atoms with E-state index in [-0.39, 0.29) is 11.3 Å². The highest BCUT2D eigenvalue weighted by Crippen LogP contribution is 2.13. The predicted molar refractivity (Wildman–Crippen MR) is 90.3 cm³/mol. The second kappa shape index (κ2) is 8.23. The normalized spacial score (nSPS) is 10.3. The number of rotatable bonds is 7. The number of nitro groups is 1. The number of carbonyl (C=O) groups is 1. The Morgan fingerprint density at radius 3 is 2.71 bits per heavy atom. The largest absolute Gasteiger partial charge is 0.490 e. The van der Waals surface area contributed by atoms with Crippen LogP contribution in [0, 0.1) is 10.1 Å². The van der Waals surface area contributed by atoms with Crippen LogP contribution in [0.25, 0.3) is 0 Å². The van der Waals surface area contributed by atoms with Crippen LogP contribution < -0.4 is 10.2 Å². The zero-order chi connectivity index (χ0) is 17.4. The molecule has 0 saturated heterocycles. The third kappa shape index (κ3) is 4.77. The summed E-state index contributed by atoms with van der Waals surface area (Å²) in [5.41, 5.74) is 3.10. The van der Waals surface area contributed by atoms with Gasteiger partial charge in [0.1, 0.15) is 12.4 Å². The summed E-state index contributed by atoms with van der Waals surface area (Å²) < 4.78 is 5.35. The highest BCUT2D eigenvalue weighted by molar-refractivity contribution is 5.95. The lowest BCUT2D eigenvalue weighted by Gasteiger charge is -2.03. The van der Waals surface area contributed by atoms with Crippen molar-refractivity contribution in [1.82, 2.24) is 5.43 Å². The van der Waals surface area contributed by atoms with Crippen LogP contribution in [0.5, 0.6) is 5.75 Å². The van der Waals surface area contributed by atoms with Crippen molar-refractivity contribution in [2.45, 2.75) is 0 Å². The molecule has 0 saturated carbocycles. The number of hydrogen-bond donors (Lipinski definition) is 1. The van der Waals surface area contributed by atoms with E-state index in [1.165, 1.54) is 30.5 Å². The standard InChI is InChI=1S/C17H15N3O4/c1-2-10-24-16-8-6-13(7-9-16)12-18-19-17(21)14-4-3-5-15(11-14)20(22)23/h2-9,11-12H,1,10H2,(H,19,21)/b18-12+. The monoisotopic (exact) mass is 325 g/mol. The number of hydrazone groups is 1. The number of carbonyl (C=O) groups excluding carboxylic acids is 1. The molecule has 7 heteroatoms. The van der Waals surface area contributed by atoms with Crippen molar-refractivity contribution in [3.8, 4) is 5.75 Å². The number of nitrogens with one attached hydrogen (secondary N) is 1. The Morgan fingerprint density at radius 2 is 2.04 bits per heavy atom. The first kappa shape index (κ1) is 16.9. The molecular formula is C17H15N3O4. The van der Waals surface area contributed by atoms with Gasteiger partial charge in [-0.1, -0.05) is 18.7 Å². The van der Waals surface area contributed by atoms with Gasteiger partial charge in [-0.25, -0.2) is 5.43 Å². The molecule has 0 aromatic heterocycles. The highest BCUT2D eigenvalue weighted by atomic mass is 16.6. The summed E-state index contributed by atoms with van der Waals surface area (Å²) in [7, 11) is 0. The maximum Gasteiger partial charge on any atom is 0.271 e. The molecule has 0 spiro atoms. The summed E-state index contributed by atoms with van der Waals surface area (Å²) >= 11 is 0. The van der Waals surface area contributed by atoms with E-state index in [2.05, 4.69) is 17.1 Å². The molecule has 2 aromatic rings. The lowest BCUT2D eigenvalue weighted by atomic mass is 10.2. The number of ether oxygens (including phenoxy) is 1. The van der Waals surface area contributed by atoms with E-state index in [4.69, 9.17) is 4.74 Å². The summed E-state index contributed by atoms with van der Waals surface area (Å²) in [5, 5.41) is 14.5. The van der Waals surface area contributed by atoms with E-state index in [1.54, 1.807) is 30.3 Å². The lowest BCUT2D eigenvalue weighted by molar-refractivity contribution is -0.384. The summed E-state index contributed by atoms with van der Waals surface area (Å²) in [6.07, 6.45) is 3.12. The molecule has 0 fully saturated rings. The van der Waals surface area contributed by atoms with Crippen LogP contribution in [0.3, 0.4) is 0 Å². The average molecular weight is 325 g/mol. The van der Waals surface area contributed by atoms with Gasteiger partial charge in [0, 0.05) is 17.7 Å². The Balaban J connectivity index is 1.95. The molecule has 7 nitrogen and oxygen atoms in total. The quantitative estimate of drug-likeness (QED) is 0.366. The number of nitro benzene ring substituents is 1. The van der Waals surface area contributed by atoms with Crippen LogP contribution in [0.1, 0.15) is 15.9 Å². The maximum atomic E-state index is 11.9. The second-order valence-electron chi connectivity index (χ2n) is 4.68. The van der Waals surface area contributed by atoms with Gasteiger partial charge in [-0.05, 0) is 35.9 Å². The Bertz CT molecular complexity index is 770. The summed E-state index contributed by atoms with van der Waals surface area (Å²) in [5.74, 6) is 0.175. The smallest absolute Gasteiger partial charge is 0.271 e. The Morgan fingerprint density at radius 1 is 1.29 bits per heavy atom. The van der Waals surface area contributed by atoms with Crippen molar-refractivity contribution in [2.24, 2.45) is 5.10 Å². The molecule has 0 unspecified atom stereocenters. The molecule has 0 aliphatic rings. The van der Waals surface area contributed by atoms with E-state index in [1.807, 2.05) is 0 Å². The number of benzene rings is 2. The molecule has 122 valence electrons. The number of amides is 1.